The van der Waals surface area contributed by atoms with E-state index in [0.29, 0.717) is 19.4 Å². The highest BCUT2D eigenvalue weighted by Crippen LogP contribution is 2.18. The summed E-state index contributed by atoms with van der Waals surface area (Å²) >= 11 is 0. The van der Waals surface area contributed by atoms with Crippen molar-refractivity contribution in [3.05, 3.63) is 60.8 Å². The van der Waals surface area contributed by atoms with Crippen molar-refractivity contribution in [3.8, 4) is 0 Å². The van der Waals surface area contributed by atoms with Crippen molar-refractivity contribution in [1.82, 2.24) is 5.32 Å². The minimum Gasteiger partial charge on any atom is -0.466 e. The molecule has 0 saturated carbocycles. The molecule has 0 heterocycles. The van der Waals surface area contributed by atoms with E-state index in [1.807, 2.05) is 6.08 Å². The van der Waals surface area contributed by atoms with Gasteiger partial charge in [-0.05, 0) is 96.3 Å². The molecule has 474 valence electrons. The zero-order valence-electron chi connectivity index (χ0n) is 54.3. The van der Waals surface area contributed by atoms with Gasteiger partial charge < -0.3 is 20.3 Å². The van der Waals surface area contributed by atoms with Gasteiger partial charge in [0.2, 0.25) is 5.91 Å². The van der Waals surface area contributed by atoms with E-state index in [0.717, 1.165) is 57.8 Å². The maximum atomic E-state index is 12.5. The van der Waals surface area contributed by atoms with Gasteiger partial charge in [-0.3, -0.25) is 9.59 Å². The molecule has 0 saturated heterocycles. The summed E-state index contributed by atoms with van der Waals surface area (Å²) in [5, 5.41) is 23.2. The smallest absolute Gasteiger partial charge is 0.305 e. The number of carbonyl (C=O) groups is 2. The van der Waals surface area contributed by atoms with E-state index in [1.165, 1.54) is 295 Å². The largest absolute Gasteiger partial charge is 0.466 e. The van der Waals surface area contributed by atoms with Crippen molar-refractivity contribution in [3.63, 3.8) is 0 Å². The van der Waals surface area contributed by atoms with Gasteiger partial charge in [-0.25, -0.2) is 0 Å². The van der Waals surface area contributed by atoms with Crippen LogP contribution in [0.1, 0.15) is 380 Å². The molecule has 0 aliphatic heterocycles. The van der Waals surface area contributed by atoms with Gasteiger partial charge in [0.25, 0.3) is 0 Å². The van der Waals surface area contributed by atoms with Crippen LogP contribution in [0.3, 0.4) is 0 Å². The Morgan fingerprint density at radius 3 is 0.963 bits per heavy atom. The van der Waals surface area contributed by atoms with E-state index >= 15 is 0 Å². The Kier molecular flexibility index (Phi) is 67.9. The second kappa shape index (κ2) is 70.0. The highest BCUT2D eigenvalue weighted by Gasteiger charge is 2.18. The molecule has 0 radical (unpaired) electrons. The quantitative estimate of drug-likeness (QED) is 0.0320. The maximum absolute atomic E-state index is 12.5. The van der Waals surface area contributed by atoms with Crippen molar-refractivity contribution in [2.75, 3.05) is 13.2 Å². The highest BCUT2D eigenvalue weighted by atomic mass is 16.5. The van der Waals surface area contributed by atoms with E-state index in [9.17, 15) is 19.8 Å². The molecule has 0 fully saturated rings. The fraction of sp³-hybridized carbons (Fsp3) is 0.840. The zero-order valence-corrected chi connectivity index (χ0v) is 54.3. The first kappa shape index (κ1) is 78.6. The lowest BCUT2D eigenvalue weighted by Crippen LogP contribution is -2.45. The Balaban J connectivity index is 3.40. The van der Waals surface area contributed by atoms with Gasteiger partial charge in [0, 0.05) is 12.8 Å². The van der Waals surface area contributed by atoms with Crippen LogP contribution in [-0.2, 0) is 14.3 Å². The molecule has 0 aliphatic carbocycles. The Labute approximate surface area is 505 Å². The second-order valence-electron chi connectivity index (χ2n) is 24.6. The normalized spacial score (nSPS) is 12.9. The Bertz CT molecular complexity index is 1400. The monoisotopic (exact) mass is 1130 g/mol. The summed E-state index contributed by atoms with van der Waals surface area (Å²) in [5.74, 6) is -0.0646. The van der Waals surface area contributed by atoms with Crippen molar-refractivity contribution < 1.29 is 24.5 Å². The number of amides is 1. The molecule has 2 unspecified atom stereocenters. The fourth-order valence-corrected chi connectivity index (χ4v) is 11.0. The van der Waals surface area contributed by atoms with Gasteiger partial charge >= 0.3 is 5.97 Å². The number of aliphatic hydroxyl groups excluding tert-OH is 2. The van der Waals surface area contributed by atoms with Gasteiger partial charge in [0.1, 0.15) is 0 Å². The topological polar surface area (TPSA) is 95.9 Å². The van der Waals surface area contributed by atoms with Crippen molar-refractivity contribution in [1.29, 1.82) is 0 Å². The summed E-state index contributed by atoms with van der Waals surface area (Å²) in [6.07, 6.45) is 93.1. The molecule has 1 amide bonds. The number of carbonyl (C=O) groups excluding carboxylic acids is 2. The minimum atomic E-state index is -0.844. The number of rotatable bonds is 67. The van der Waals surface area contributed by atoms with E-state index < -0.39 is 12.1 Å². The van der Waals surface area contributed by atoms with Crippen LogP contribution in [0, 0.1) is 0 Å². The number of ether oxygens (including phenoxy) is 1. The third-order valence-electron chi connectivity index (χ3n) is 16.5. The van der Waals surface area contributed by atoms with Crippen LogP contribution in [0.25, 0.3) is 0 Å². The summed E-state index contributed by atoms with van der Waals surface area (Å²) in [7, 11) is 0. The molecule has 0 aromatic heterocycles. The lowest BCUT2D eigenvalue weighted by Gasteiger charge is -2.20. The summed E-state index contributed by atoms with van der Waals surface area (Å²) in [5.41, 5.74) is 0. The zero-order chi connectivity index (χ0) is 58.5. The van der Waals surface area contributed by atoms with Crippen LogP contribution in [0.5, 0.6) is 0 Å². The number of unbranched alkanes of at least 4 members (excludes halogenated alkanes) is 48. The van der Waals surface area contributed by atoms with E-state index in [-0.39, 0.29) is 18.5 Å². The molecule has 0 aliphatic rings. The fourth-order valence-electron chi connectivity index (χ4n) is 11.0. The average molecular weight is 1130 g/mol. The minimum absolute atomic E-state index is 0.000277. The number of aliphatic hydroxyl groups is 2. The first-order chi connectivity index (χ1) is 40.0. The third-order valence-corrected chi connectivity index (χ3v) is 16.5. The van der Waals surface area contributed by atoms with Crippen LogP contribution in [-0.4, -0.2) is 47.4 Å². The first-order valence-corrected chi connectivity index (χ1v) is 36.1. The molecular weight excluding hydrogens is 995 g/mol. The molecule has 0 aromatic carbocycles. The summed E-state index contributed by atoms with van der Waals surface area (Å²) < 4.78 is 5.48. The molecule has 3 N–H and O–H groups in total. The van der Waals surface area contributed by atoms with Crippen LogP contribution in [0.15, 0.2) is 60.8 Å². The van der Waals surface area contributed by atoms with E-state index in [4.69, 9.17) is 4.74 Å². The lowest BCUT2D eigenvalue weighted by atomic mass is 10.0. The molecular formula is C75H139NO5. The number of hydrogen-bond donors (Lipinski definition) is 3. The maximum Gasteiger partial charge on any atom is 0.305 e. The van der Waals surface area contributed by atoms with E-state index in [2.05, 4.69) is 67.8 Å². The standard InChI is InChI=1S/C75H139NO5/c1-3-5-7-9-11-13-15-17-19-40-43-47-51-55-59-63-67-73(78)72(71-77)76-74(79)68-64-60-56-52-48-44-41-37-35-33-31-29-27-25-23-21-20-22-24-26-28-30-32-34-36-38-42-46-50-54-58-62-66-70-81-75(80)69-65-61-57-53-49-45-39-18-16-14-12-10-8-6-4-2/h12,14,18,24,26,30,32,39,63,67,72-73,77-78H,3-11,13,15-17,19-23,25,27-29,31,33-38,40-62,64-66,68-71H2,1-2H3,(H,76,79)/b14-12-,26-24-,32-30-,39-18-,67-63+. The van der Waals surface area contributed by atoms with Gasteiger partial charge in [0.15, 0.2) is 0 Å². The predicted molar refractivity (Wildman–Crippen MR) is 356 cm³/mol. The molecule has 6 heteroatoms. The van der Waals surface area contributed by atoms with Crippen molar-refractivity contribution in [2.24, 2.45) is 0 Å². The highest BCUT2D eigenvalue weighted by molar-refractivity contribution is 5.76. The average Bonchev–Trinajstić information content (AvgIpc) is 3.47. The van der Waals surface area contributed by atoms with Crippen LogP contribution in [0.4, 0.5) is 0 Å². The molecule has 6 nitrogen and oxygen atoms in total. The Morgan fingerprint density at radius 2 is 0.617 bits per heavy atom. The summed E-state index contributed by atoms with van der Waals surface area (Å²) in [4.78, 5) is 24.6. The molecule has 0 spiro atoms. The molecule has 0 bridgehead atoms. The van der Waals surface area contributed by atoms with Crippen LogP contribution < -0.4 is 5.32 Å². The summed E-state index contributed by atoms with van der Waals surface area (Å²) in [6, 6.07) is -0.627. The Hall–Kier alpha value is -2.44. The second-order valence-corrected chi connectivity index (χ2v) is 24.6. The molecule has 2 atom stereocenters. The molecule has 0 aromatic rings. The van der Waals surface area contributed by atoms with Crippen molar-refractivity contribution >= 4 is 11.9 Å². The summed E-state index contributed by atoms with van der Waals surface area (Å²) in [6.45, 7) is 4.89. The molecule has 0 rings (SSSR count). The van der Waals surface area contributed by atoms with Gasteiger partial charge in [0.05, 0.1) is 25.4 Å². The number of esters is 1. The van der Waals surface area contributed by atoms with Gasteiger partial charge in [-0.1, -0.05) is 331 Å². The lowest BCUT2D eigenvalue weighted by molar-refractivity contribution is -0.143. The predicted octanol–water partition coefficient (Wildman–Crippen LogP) is 23.4. The van der Waals surface area contributed by atoms with Crippen molar-refractivity contribution in [2.45, 2.75) is 392 Å². The van der Waals surface area contributed by atoms with Gasteiger partial charge in [-0.15, -0.1) is 0 Å². The third kappa shape index (κ3) is 66.6. The molecule has 81 heavy (non-hydrogen) atoms. The van der Waals surface area contributed by atoms with Crippen LogP contribution >= 0.6 is 0 Å². The van der Waals surface area contributed by atoms with Crippen LogP contribution in [0.2, 0.25) is 0 Å². The Morgan fingerprint density at radius 1 is 0.346 bits per heavy atom. The number of hydrogen-bond acceptors (Lipinski definition) is 5. The van der Waals surface area contributed by atoms with E-state index in [1.54, 1.807) is 6.08 Å². The SMILES string of the molecule is CCCCC/C=C\C/C=C\CCCCCCCC(=O)OCCCCCCCCCCC/C=C\C/C=C\CCCCCCCCCCCCCCCCCCCC(=O)NC(CO)C(O)/C=C/CCCCCCCCCCCCCCCC. The number of nitrogens with one attached hydrogen (secondary N) is 1. The number of allylic oxidation sites excluding steroid dienone is 9. The first-order valence-electron chi connectivity index (χ1n) is 36.1. The van der Waals surface area contributed by atoms with Gasteiger partial charge in [-0.2, -0.15) is 0 Å².